The van der Waals surface area contributed by atoms with Crippen molar-refractivity contribution in [1.82, 2.24) is 31.4 Å². The van der Waals surface area contributed by atoms with Gasteiger partial charge in [-0.25, -0.2) is 23.4 Å². The fourth-order valence-corrected chi connectivity index (χ4v) is 4.34. The monoisotopic (exact) mass is 650 g/mol. The van der Waals surface area contributed by atoms with Gasteiger partial charge in [-0.15, -0.1) is 0 Å². The molecule has 0 aliphatic heterocycles. The second-order valence-electron chi connectivity index (χ2n) is 12.8. The van der Waals surface area contributed by atoms with E-state index >= 15 is 8.78 Å². The Morgan fingerprint density at radius 2 is 1.41 bits per heavy atom. The molecule has 0 aliphatic carbocycles. The van der Waals surface area contributed by atoms with Gasteiger partial charge >= 0.3 is 12.2 Å². The molecule has 1 heterocycles. The minimum absolute atomic E-state index is 0.196. The maximum atomic E-state index is 15.3. The Morgan fingerprint density at radius 1 is 0.891 bits per heavy atom. The van der Waals surface area contributed by atoms with Crippen molar-refractivity contribution in [2.24, 2.45) is 10.8 Å². The van der Waals surface area contributed by atoms with Gasteiger partial charge in [-0.05, 0) is 35.1 Å². The number of hydrogen-bond donors (Lipinski definition) is 5. The number of aliphatic hydroxyl groups is 1. The smallest absolute Gasteiger partial charge is 0.407 e. The number of methoxy groups -OCH3 is 2. The van der Waals surface area contributed by atoms with Gasteiger partial charge in [-0.3, -0.25) is 20.0 Å². The van der Waals surface area contributed by atoms with Crippen molar-refractivity contribution in [3.05, 3.63) is 53.7 Å². The summed E-state index contributed by atoms with van der Waals surface area (Å²) in [7, 11) is 2.29. The lowest BCUT2D eigenvalue weighted by atomic mass is 9.86. The van der Waals surface area contributed by atoms with Gasteiger partial charge in [0.05, 0.1) is 26.0 Å². The van der Waals surface area contributed by atoms with Crippen molar-refractivity contribution in [3.63, 3.8) is 0 Å². The molecule has 254 valence electrons. The molecule has 13 nitrogen and oxygen atoms in total. The first kappa shape index (κ1) is 37.8. The molecule has 1 aromatic heterocycles. The number of benzene rings is 1. The second kappa shape index (κ2) is 16.3. The zero-order valence-corrected chi connectivity index (χ0v) is 27.4. The summed E-state index contributed by atoms with van der Waals surface area (Å²) in [5, 5.41) is 19.4. The number of amides is 4. The minimum atomic E-state index is -1.37. The number of nitrogens with one attached hydrogen (secondary N) is 4. The van der Waals surface area contributed by atoms with Crippen molar-refractivity contribution in [1.29, 1.82) is 0 Å². The van der Waals surface area contributed by atoms with E-state index in [0.29, 0.717) is 5.69 Å². The quantitative estimate of drug-likeness (QED) is 0.217. The second-order valence-corrected chi connectivity index (χ2v) is 12.8. The molecule has 0 bridgehead atoms. The van der Waals surface area contributed by atoms with Crippen molar-refractivity contribution >= 4 is 24.0 Å². The van der Waals surface area contributed by atoms with Crippen LogP contribution in [0, 0.1) is 22.5 Å². The number of hydrogen-bond acceptors (Lipinski definition) is 9. The van der Waals surface area contributed by atoms with Gasteiger partial charge in [0, 0.05) is 37.0 Å². The lowest BCUT2D eigenvalue weighted by Gasteiger charge is -2.33. The summed E-state index contributed by atoms with van der Waals surface area (Å²) in [6, 6.07) is 4.96. The molecule has 0 saturated heterocycles. The molecule has 0 spiro atoms. The molecule has 3 atom stereocenters. The van der Waals surface area contributed by atoms with Crippen LogP contribution in [0.3, 0.4) is 0 Å². The Morgan fingerprint density at radius 3 is 1.87 bits per heavy atom. The fourth-order valence-electron chi connectivity index (χ4n) is 4.34. The molecule has 46 heavy (non-hydrogen) atoms. The highest BCUT2D eigenvalue weighted by atomic mass is 19.1. The SMILES string of the molecule is COC(=O)NC(C(=O)NCC(O)CN(Cc1c(F)cc(-c2ccccn2)cc1F)NC(=O)C(NC(=O)OC)C(C)(C)C)C(C)(C)C. The Kier molecular flexibility index (Phi) is 13.4. The van der Waals surface area contributed by atoms with Crippen LogP contribution in [0.15, 0.2) is 36.5 Å². The molecular formula is C31H44F2N6O7. The van der Waals surface area contributed by atoms with Gasteiger partial charge in [0.25, 0.3) is 5.91 Å². The van der Waals surface area contributed by atoms with Crippen LogP contribution >= 0.6 is 0 Å². The van der Waals surface area contributed by atoms with Crippen LogP contribution < -0.4 is 21.4 Å². The number of hydrazine groups is 1. The number of carbonyl (C=O) groups is 4. The average molecular weight is 651 g/mol. The third-order valence-corrected chi connectivity index (χ3v) is 6.81. The normalized spacial score (nSPS) is 13.7. The number of aliphatic hydroxyl groups excluding tert-OH is 1. The van der Waals surface area contributed by atoms with E-state index in [0.717, 1.165) is 31.4 Å². The third-order valence-electron chi connectivity index (χ3n) is 6.81. The lowest BCUT2D eigenvalue weighted by molar-refractivity contribution is -0.132. The van der Waals surface area contributed by atoms with Crippen LogP contribution in [0.5, 0.6) is 0 Å². The van der Waals surface area contributed by atoms with E-state index in [1.54, 1.807) is 59.7 Å². The Labute approximate surface area is 267 Å². The number of carbonyl (C=O) groups excluding carboxylic acids is 4. The van der Waals surface area contributed by atoms with E-state index in [-0.39, 0.29) is 12.1 Å². The summed E-state index contributed by atoms with van der Waals surface area (Å²) in [6.45, 7) is 8.91. The molecule has 3 unspecified atom stereocenters. The summed E-state index contributed by atoms with van der Waals surface area (Å²) < 4.78 is 39.9. The van der Waals surface area contributed by atoms with Crippen molar-refractivity contribution in [3.8, 4) is 11.3 Å². The van der Waals surface area contributed by atoms with Crippen LogP contribution in [0.1, 0.15) is 47.1 Å². The maximum Gasteiger partial charge on any atom is 0.407 e. The number of pyridine rings is 1. The predicted molar refractivity (Wildman–Crippen MR) is 165 cm³/mol. The molecule has 0 radical (unpaired) electrons. The molecule has 0 saturated carbocycles. The lowest BCUT2D eigenvalue weighted by Crippen LogP contribution is -2.58. The standard InChI is InChI=1S/C31H44F2N6O7/c1-30(2,3)24(36-28(43)45-7)26(41)35-15-19(40)16-39(38-27(42)25(31(4,5)6)37-29(44)46-8)17-20-21(32)13-18(14-22(20)33)23-11-9-10-12-34-23/h9-14,19,24-25,40H,15-17H2,1-8H3,(H,35,41)(H,36,43)(H,37,44)(H,38,42). The Bertz CT molecular complexity index is 1340. The highest BCUT2D eigenvalue weighted by molar-refractivity contribution is 5.87. The summed E-state index contributed by atoms with van der Waals surface area (Å²) in [5.74, 6) is -3.23. The first-order chi connectivity index (χ1) is 21.4. The average Bonchev–Trinajstić information content (AvgIpc) is 2.97. The molecule has 2 rings (SSSR count). The molecule has 5 N–H and O–H groups in total. The summed E-state index contributed by atoms with van der Waals surface area (Å²) in [5.41, 5.74) is 1.11. The van der Waals surface area contributed by atoms with E-state index < -0.39 is 83.3 Å². The van der Waals surface area contributed by atoms with Gasteiger partial charge in [0.2, 0.25) is 5.91 Å². The molecule has 0 fully saturated rings. The maximum absolute atomic E-state index is 15.3. The molecular weight excluding hydrogens is 606 g/mol. The van der Waals surface area contributed by atoms with Crippen LogP contribution in [0.4, 0.5) is 18.4 Å². The van der Waals surface area contributed by atoms with Crippen molar-refractivity contribution in [2.75, 3.05) is 27.3 Å². The predicted octanol–water partition coefficient (Wildman–Crippen LogP) is 2.88. The number of nitrogens with zero attached hydrogens (tertiary/aromatic N) is 2. The van der Waals surface area contributed by atoms with Gasteiger partial charge in [-0.2, -0.15) is 0 Å². The van der Waals surface area contributed by atoms with Crippen LogP contribution in [0.25, 0.3) is 11.3 Å². The van der Waals surface area contributed by atoms with Crippen molar-refractivity contribution < 1.29 is 42.5 Å². The van der Waals surface area contributed by atoms with Gasteiger partial charge in [0.1, 0.15) is 23.7 Å². The topological polar surface area (TPSA) is 171 Å². The summed E-state index contributed by atoms with van der Waals surface area (Å²) >= 11 is 0. The van der Waals surface area contributed by atoms with Crippen LogP contribution in [0.2, 0.25) is 0 Å². The zero-order valence-electron chi connectivity index (χ0n) is 27.4. The molecule has 0 aliphatic rings. The number of halogens is 2. The number of rotatable bonds is 12. The molecule has 4 amide bonds. The number of alkyl carbamates (subject to hydrolysis) is 2. The van der Waals surface area contributed by atoms with Gasteiger partial charge in [0.15, 0.2) is 0 Å². The Balaban J connectivity index is 2.34. The van der Waals surface area contributed by atoms with Crippen LogP contribution in [-0.4, -0.2) is 84.6 Å². The molecule has 2 aromatic rings. The third kappa shape index (κ3) is 11.2. The van der Waals surface area contributed by atoms with Gasteiger partial charge < -0.3 is 30.5 Å². The highest BCUT2D eigenvalue weighted by Gasteiger charge is 2.36. The van der Waals surface area contributed by atoms with Crippen molar-refractivity contribution in [2.45, 2.75) is 66.3 Å². The van der Waals surface area contributed by atoms with Gasteiger partial charge in [-0.1, -0.05) is 47.6 Å². The largest absolute Gasteiger partial charge is 0.453 e. The summed E-state index contributed by atoms with van der Waals surface area (Å²) in [6.07, 6.45) is -1.58. The van der Waals surface area contributed by atoms with E-state index in [9.17, 15) is 24.3 Å². The molecule has 1 aromatic carbocycles. The Hall–Kier alpha value is -4.37. The minimum Gasteiger partial charge on any atom is -0.453 e. The van der Waals surface area contributed by atoms with E-state index in [2.05, 4.69) is 35.8 Å². The first-order valence-corrected chi connectivity index (χ1v) is 14.5. The van der Waals surface area contributed by atoms with E-state index in [1.807, 2.05) is 0 Å². The highest BCUT2D eigenvalue weighted by Crippen LogP contribution is 2.25. The molecule has 15 heteroatoms. The van der Waals surface area contributed by atoms with E-state index in [4.69, 9.17) is 0 Å². The first-order valence-electron chi connectivity index (χ1n) is 14.5. The number of ether oxygens (including phenoxy) is 2. The summed E-state index contributed by atoms with van der Waals surface area (Å²) in [4.78, 5) is 54.2. The fraction of sp³-hybridized carbons (Fsp3) is 0.516. The van der Waals surface area contributed by atoms with E-state index in [1.165, 1.54) is 6.20 Å². The van der Waals surface area contributed by atoms with Crippen LogP contribution in [-0.2, 0) is 25.6 Å². The number of aromatic nitrogens is 1. The zero-order chi connectivity index (χ0) is 34.8.